The van der Waals surface area contributed by atoms with Gasteiger partial charge in [-0.15, -0.1) is 0 Å². The second kappa shape index (κ2) is 7.32. The largest absolute Gasteiger partial charge is 0.361 e. The van der Waals surface area contributed by atoms with E-state index < -0.39 is 11.6 Å². The number of piperidine rings is 1. The molecular formula is C21H27F2N3O. The summed E-state index contributed by atoms with van der Waals surface area (Å²) in [7, 11) is 0. The summed E-state index contributed by atoms with van der Waals surface area (Å²) in [5, 5.41) is 4.07. The number of nitrogens with zero attached hydrogens (tertiary/aromatic N) is 3. The minimum Gasteiger partial charge on any atom is -0.361 e. The van der Waals surface area contributed by atoms with Crippen molar-refractivity contribution in [2.45, 2.75) is 52.7 Å². The second-order valence-electron chi connectivity index (χ2n) is 8.19. The smallest absolute Gasteiger partial charge is 0.163 e. The molecule has 4 nitrogen and oxygen atoms in total. The molecule has 6 heteroatoms. The van der Waals surface area contributed by atoms with Gasteiger partial charge in [0.25, 0.3) is 0 Å². The van der Waals surface area contributed by atoms with E-state index >= 15 is 0 Å². The molecule has 3 aliphatic heterocycles. The van der Waals surface area contributed by atoms with E-state index in [4.69, 9.17) is 4.52 Å². The van der Waals surface area contributed by atoms with Gasteiger partial charge in [0.05, 0.1) is 5.69 Å². The Morgan fingerprint density at radius 2 is 1.85 bits per heavy atom. The van der Waals surface area contributed by atoms with Crippen molar-refractivity contribution in [2.24, 2.45) is 5.92 Å². The van der Waals surface area contributed by atoms with E-state index in [0.29, 0.717) is 29.6 Å². The molecule has 1 aromatic carbocycles. The highest BCUT2D eigenvalue weighted by Gasteiger charge is 2.35. The molecule has 0 amide bonds. The highest BCUT2D eigenvalue weighted by Crippen LogP contribution is 2.31. The van der Waals surface area contributed by atoms with E-state index in [1.54, 1.807) is 19.1 Å². The quantitative estimate of drug-likeness (QED) is 0.809. The van der Waals surface area contributed by atoms with Crippen LogP contribution in [0.1, 0.15) is 41.0 Å². The van der Waals surface area contributed by atoms with E-state index in [0.717, 1.165) is 44.1 Å². The average Bonchev–Trinajstić information content (AvgIpc) is 2.81. The SMILES string of the molecule is Cc1ccc(CN2C[C@@H]3CC[C@H]2CN(Cc2c(C)noc2C)C3)c(F)c1F. The van der Waals surface area contributed by atoms with Crippen molar-refractivity contribution in [1.29, 1.82) is 0 Å². The Morgan fingerprint density at radius 1 is 1.04 bits per heavy atom. The number of benzene rings is 1. The topological polar surface area (TPSA) is 32.5 Å². The van der Waals surface area contributed by atoms with Crippen LogP contribution in [0.4, 0.5) is 8.78 Å². The van der Waals surface area contributed by atoms with Crippen molar-refractivity contribution in [3.63, 3.8) is 0 Å². The van der Waals surface area contributed by atoms with Crippen molar-refractivity contribution in [2.75, 3.05) is 19.6 Å². The molecule has 3 aliphatic rings. The van der Waals surface area contributed by atoms with Crippen molar-refractivity contribution in [1.82, 2.24) is 15.0 Å². The molecule has 0 saturated carbocycles. The fraction of sp³-hybridized carbons (Fsp3) is 0.571. The number of halogens is 2. The molecule has 0 N–H and O–H groups in total. The van der Waals surface area contributed by atoms with Crippen LogP contribution < -0.4 is 0 Å². The molecule has 0 spiro atoms. The lowest BCUT2D eigenvalue weighted by Crippen LogP contribution is -2.43. The van der Waals surface area contributed by atoms with E-state index in [2.05, 4.69) is 15.0 Å². The summed E-state index contributed by atoms with van der Waals surface area (Å²) in [4.78, 5) is 4.82. The number of aromatic nitrogens is 1. The highest BCUT2D eigenvalue weighted by atomic mass is 19.2. The van der Waals surface area contributed by atoms with Crippen LogP contribution in [0.5, 0.6) is 0 Å². The van der Waals surface area contributed by atoms with E-state index in [-0.39, 0.29) is 0 Å². The summed E-state index contributed by atoms with van der Waals surface area (Å²) in [5.41, 5.74) is 2.95. The molecule has 0 aliphatic carbocycles. The fourth-order valence-electron chi connectivity index (χ4n) is 4.58. The first-order chi connectivity index (χ1) is 12.9. The zero-order valence-electron chi connectivity index (χ0n) is 16.3. The van der Waals surface area contributed by atoms with E-state index in [1.165, 1.54) is 12.0 Å². The molecule has 5 rings (SSSR count). The van der Waals surface area contributed by atoms with Crippen LogP contribution in [-0.2, 0) is 13.1 Å². The molecule has 1 aromatic heterocycles. The Morgan fingerprint density at radius 3 is 2.59 bits per heavy atom. The molecule has 146 valence electrons. The number of rotatable bonds is 4. The molecule has 0 unspecified atom stereocenters. The lowest BCUT2D eigenvalue weighted by molar-refractivity contribution is 0.121. The Bertz CT molecular complexity index is 816. The second-order valence-corrected chi connectivity index (χ2v) is 8.19. The molecule has 0 radical (unpaired) electrons. The summed E-state index contributed by atoms with van der Waals surface area (Å²) < 4.78 is 33.6. The highest BCUT2D eigenvalue weighted by molar-refractivity contribution is 5.25. The molecule has 4 heterocycles. The van der Waals surface area contributed by atoms with Gasteiger partial charge in [-0.1, -0.05) is 17.3 Å². The van der Waals surface area contributed by atoms with Gasteiger partial charge in [0.2, 0.25) is 0 Å². The molecule has 2 atom stereocenters. The lowest BCUT2D eigenvalue weighted by Gasteiger charge is -2.36. The van der Waals surface area contributed by atoms with Crippen molar-refractivity contribution in [3.05, 3.63) is 51.9 Å². The van der Waals surface area contributed by atoms with Gasteiger partial charge in [-0.3, -0.25) is 9.80 Å². The number of hydrogen-bond donors (Lipinski definition) is 0. The first-order valence-corrected chi connectivity index (χ1v) is 9.74. The number of fused-ring (bicyclic) bond motifs is 4. The molecule has 27 heavy (non-hydrogen) atoms. The van der Waals surface area contributed by atoms with Gasteiger partial charge in [0.15, 0.2) is 11.6 Å². The van der Waals surface area contributed by atoms with Gasteiger partial charge in [-0.05, 0) is 45.1 Å². The van der Waals surface area contributed by atoms with Crippen molar-refractivity contribution in [3.8, 4) is 0 Å². The molecule has 2 aromatic rings. The lowest BCUT2D eigenvalue weighted by atomic mass is 9.94. The Kier molecular flexibility index (Phi) is 5.03. The minimum atomic E-state index is -0.715. The maximum absolute atomic E-state index is 14.3. The summed E-state index contributed by atoms with van der Waals surface area (Å²) in [5.74, 6) is 0.0379. The van der Waals surface area contributed by atoms with Gasteiger partial charge in [-0.25, -0.2) is 8.78 Å². The van der Waals surface area contributed by atoms with Gasteiger partial charge < -0.3 is 4.52 Å². The van der Waals surface area contributed by atoms with Gasteiger partial charge in [-0.2, -0.15) is 0 Å². The summed E-state index contributed by atoms with van der Waals surface area (Å²) in [6.07, 6.45) is 2.31. The van der Waals surface area contributed by atoms with Crippen LogP contribution in [0, 0.1) is 38.3 Å². The van der Waals surface area contributed by atoms with Crippen molar-refractivity contribution >= 4 is 0 Å². The molecular weight excluding hydrogens is 348 g/mol. The Hall–Kier alpha value is -1.79. The van der Waals surface area contributed by atoms with Crippen LogP contribution in [0.2, 0.25) is 0 Å². The van der Waals surface area contributed by atoms with Gasteiger partial charge >= 0.3 is 0 Å². The van der Waals surface area contributed by atoms with Crippen molar-refractivity contribution < 1.29 is 13.3 Å². The fourth-order valence-corrected chi connectivity index (χ4v) is 4.58. The maximum atomic E-state index is 14.3. The maximum Gasteiger partial charge on any atom is 0.163 e. The summed E-state index contributed by atoms with van der Waals surface area (Å²) in [6, 6.07) is 3.77. The predicted molar refractivity (Wildman–Crippen MR) is 99.3 cm³/mol. The zero-order valence-corrected chi connectivity index (χ0v) is 16.3. The third-order valence-electron chi connectivity index (χ3n) is 6.19. The Labute approximate surface area is 159 Å². The first kappa shape index (κ1) is 18.6. The molecule has 3 fully saturated rings. The normalized spacial score (nSPS) is 23.7. The average molecular weight is 375 g/mol. The minimum absolute atomic E-state index is 0.360. The number of hydrogen-bond acceptors (Lipinski definition) is 4. The number of aryl methyl sites for hydroxylation is 3. The van der Waals surface area contributed by atoms with Gasteiger partial charge in [0, 0.05) is 49.9 Å². The van der Waals surface area contributed by atoms with Crippen LogP contribution in [0.25, 0.3) is 0 Å². The van der Waals surface area contributed by atoms with E-state index in [9.17, 15) is 8.78 Å². The van der Waals surface area contributed by atoms with E-state index in [1.807, 2.05) is 13.8 Å². The first-order valence-electron chi connectivity index (χ1n) is 9.74. The zero-order chi connectivity index (χ0) is 19.1. The molecule has 2 bridgehead atoms. The third-order valence-corrected chi connectivity index (χ3v) is 6.19. The van der Waals surface area contributed by atoms with Gasteiger partial charge in [0.1, 0.15) is 5.76 Å². The summed E-state index contributed by atoms with van der Waals surface area (Å²) >= 11 is 0. The monoisotopic (exact) mass is 375 g/mol. The van der Waals surface area contributed by atoms with Crippen LogP contribution in [-0.4, -0.2) is 40.6 Å². The van der Waals surface area contributed by atoms with Crippen LogP contribution in [0.3, 0.4) is 0 Å². The third kappa shape index (κ3) is 3.65. The molecule has 3 saturated heterocycles. The summed E-state index contributed by atoms with van der Waals surface area (Å²) in [6.45, 7) is 9.78. The predicted octanol–water partition coefficient (Wildman–Crippen LogP) is 3.97. The van der Waals surface area contributed by atoms with Crippen LogP contribution >= 0.6 is 0 Å². The Balaban J connectivity index is 1.49. The van der Waals surface area contributed by atoms with Crippen LogP contribution in [0.15, 0.2) is 16.7 Å². The standard InChI is InChI=1S/C21H27F2N3O/c1-13-4-6-17(21(23)20(13)22)10-26-9-16-5-7-18(26)11-25(8-16)12-19-14(2)24-27-15(19)3/h4,6,16,18H,5,7-12H2,1-3H3/t16-,18+/m1/s1.